The van der Waals surface area contributed by atoms with E-state index < -0.39 is 0 Å². The molecule has 0 unspecified atom stereocenters. The Balaban J connectivity index is 1.37. The first-order valence-corrected chi connectivity index (χ1v) is 11.0. The number of rotatable bonds is 6. The molecule has 2 heterocycles. The van der Waals surface area contributed by atoms with Crippen LogP contribution >= 0.6 is 11.8 Å². The highest BCUT2D eigenvalue weighted by Gasteiger charge is 2.28. The molecule has 2 atom stereocenters. The van der Waals surface area contributed by atoms with E-state index in [0.717, 1.165) is 23.5 Å². The number of hydrogen-bond donors (Lipinski definition) is 2. The first-order chi connectivity index (χ1) is 15.2. The van der Waals surface area contributed by atoms with Gasteiger partial charge in [-0.2, -0.15) is 0 Å². The van der Waals surface area contributed by atoms with E-state index in [1.165, 1.54) is 12.4 Å². The number of nitrogens with one attached hydrogen (secondary N) is 2. The molecule has 2 aromatic carbocycles. The second-order valence-electron chi connectivity index (χ2n) is 7.02. The Hall–Kier alpha value is -3.39. The Bertz CT molecular complexity index is 1030. The van der Waals surface area contributed by atoms with Crippen LogP contribution in [0.1, 0.15) is 27.9 Å². The number of thioether (sulfide) groups is 1. The van der Waals surface area contributed by atoms with E-state index >= 15 is 0 Å². The van der Waals surface area contributed by atoms with Crippen molar-refractivity contribution in [3.8, 4) is 11.5 Å². The molecule has 1 aromatic heterocycles. The number of para-hydroxylation sites is 1. The van der Waals surface area contributed by atoms with Gasteiger partial charge in [-0.25, -0.2) is 9.97 Å². The molecule has 0 spiro atoms. The van der Waals surface area contributed by atoms with Crippen LogP contribution in [0.2, 0.25) is 0 Å². The lowest BCUT2D eigenvalue weighted by Gasteiger charge is -2.18. The van der Waals surface area contributed by atoms with Crippen LogP contribution in [0, 0.1) is 0 Å². The van der Waals surface area contributed by atoms with Crippen molar-refractivity contribution in [1.29, 1.82) is 0 Å². The summed E-state index contributed by atoms with van der Waals surface area (Å²) < 4.78 is 5.90. The fraction of sp³-hybridized carbons (Fsp3) is 0.217. The lowest BCUT2D eigenvalue weighted by atomic mass is 10.1. The molecule has 8 heteroatoms. The number of carbonyl (C=O) groups is 2. The molecule has 1 saturated heterocycles. The van der Waals surface area contributed by atoms with Crippen molar-refractivity contribution in [2.45, 2.75) is 17.7 Å². The summed E-state index contributed by atoms with van der Waals surface area (Å²) in [6.07, 6.45) is 3.79. The standard InChI is InChI=1S/C23H22N4O3S/c28-22-20(16-6-4-9-19(14-16)30-18-7-2-1-3-8-18)31-13-10-17(27-22)15-26-23(29)21-24-11-5-12-25-21/h1-9,11-12,14,17,20H,10,13,15H2,(H,26,29)(H,27,28)/t17-,20+/m0/s1. The number of hydrogen-bond acceptors (Lipinski definition) is 6. The molecule has 158 valence electrons. The Labute approximate surface area is 184 Å². The smallest absolute Gasteiger partial charge is 0.289 e. The fourth-order valence-corrected chi connectivity index (χ4v) is 4.45. The minimum absolute atomic E-state index is 0.0745. The third kappa shape index (κ3) is 5.61. The molecule has 4 rings (SSSR count). The quantitative estimate of drug-likeness (QED) is 0.618. The second kappa shape index (κ2) is 10.1. The molecule has 31 heavy (non-hydrogen) atoms. The Kier molecular flexibility index (Phi) is 6.78. The van der Waals surface area contributed by atoms with E-state index in [-0.39, 0.29) is 28.9 Å². The van der Waals surface area contributed by atoms with Gasteiger partial charge in [0.2, 0.25) is 11.7 Å². The van der Waals surface area contributed by atoms with E-state index in [9.17, 15) is 9.59 Å². The fourth-order valence-electron chi connectivity index (χ4n) is 3.23. The molecular formula is C23H22N4O3S. The molecule has 1 aliphatic rings. The maximum atomic E-state index is 12.9. The molecule has 0 saturated carbocycles. The molecule has 0 bridgehead atoms. The van der Waals surface area contributed by atoms with Crippen molar-refractivity contribution in [2.24, 2.45) is 0 Å². The van der Waals surface area contributed by atoms with Gasteiger partial charge >= 0.3 is 0 Å². The van der Waals surface area contributed by atoms with Crippen molar-refractivity contribution >= 4 is 23.6 Å². The van der Waals surface area contributed by atoms with Crippen LogP contribution in [0.5, 0.6) is 11.5 Å². The number of amides is 2. The Morgan fingerprint density at radius 1 is 1.06 bits per heavy atom. The normalized spacial score (nSPS) is 18.5. The monoisotopic (exact) mass is 434 g/mol. The van der Waals surface area contributed by atoms with Crippen molar-refractivity contribution in [3.05, 3.63) is 84.4 Å². The lowest BCUT2D eigenvalue weighted by Crippen LogP contribution is -2.44. The average molecular weight is 435 g/mol. The zero-order chi connectivity index (χ0) is 21.5. The SMILES string of the molecule is O=C(NC[C@@H]1CCS[C@H](c2cccc(Oc3ccccc3)c2)C(=O)N1)c1ncccn1. The summed E-state index contributed by atoms with van der Waals surface area (Å²) in [5.74, 6) is 1.91. The van der Waals surface area contributed by atoms with Gasteiger partial charge in [0, 0.05) is 25.0 Å². The zero-order valence-corrected chi connectivity index (χ0v) is 17.5. The minimum atomic E-state index is -0.353. The van der Waals surface area contributed by atoms with Gasteiger partial charge < -0.3 is 15.4 Å². The summed E-state index contributed by atoms with van der Waals surface area (Å²) in [6.45, 7) is 0.327. The summed E-state index contributed by atoms with van der Waals surface area (Å²) >= 11 is 1.59. The maximum Gasteiger partial charge on any atom is 0.289 e. The molecule has 3 aromatic rings. The molecule has 7 nitrogen and oxygen atoms in total. The van der Waals surface area contributed by atoms with Gasteiger partial charge in [-0.1, -0.05) is 30.3 Å². The van der Waals surface area contributed by atoms with Crippen molar-refractivity contribution in [3.63, 3.8) is 0 Å². The summed E-state index contributed by atoms with van der Waals surface area (Å²) in [6, 6.07) is 18.6. The van der Waals surface area contributed by atoms with Gasteiger partial charge in [-0.3, -0.25) is 9.59 Å². The Morgan fingerprint density at radius 3 is 2.65 bits per heavy atom. The minimum Gasteiger partial charge on any atom is -0.457 e. The van der Waals surface area contributed by atoms with E-state index in [2.05, 4.69) is 20.6 Å². The molecule has 1 aliphatic heterocycles. The van der Waals surface area contributed by atoms with Crippen molar-refractivity contribution in [2.75, 3.05) is 12.3 Å². The van der Waals surface area contributed by atoms with Crippen LogP contribution in [0.25, 0.3) is 0 Å². The van der Waals surface area contributed by atoms with E-state index in [1.807, 2.05) is 54.6 Å². The predicted molar refractivity (Wildman–Crippen MR) is 119 cm³/mol. The van der Waals surface area contributed by atoms with Crippen LogP contribution in [-0.2, 0) is 4.79 Å². The summed E-state index contributed by atoms with van der Waals surface area (Å²) in [7, 11) is 0. The summed E-state index contributed by atoms with van der Waals surface area (Å²) in [5.41, 5.74) is 0.887. The van der Waals surface area contributed by atoms with Crippen molar-refractivity contribution < 1.29 is 14.3 Å². The highest BCUT2D eigenvalue weighted by molar-refractivity contribution is 8.00. The highest BCUT2D eigenvalue weighted by Crippen LogP contribution is 2.34. The molecule has 0 aliphatic carbocycles. The van der Waals surface area contributed by atoms with Gasteiger partial charge in [-0.05, 0) is 48.1 Å². The molecule has 0 radical (unpaired) electrons. The zero-order valence-electron chi connectivity index (χ0n) is 16.7. The topological polar surface area (TPSA) is 93.2 Å². The van der Waals surface area contributed by atoms with Crippen LogP contribution in [0.4, 0.5) is 0 Å². The summed E-state index contributed by atoms with van der Waals surface area (Å²) in [5, 5.41) is 5.51. The van der Waals surface area contributed by atoms with E-state index in [1.54, 1.807) is 17.8 Å². The maximum absolute atomic E-state index is 12.9. The van der Waals surface area contributed by atoms with Crippen LogP contribution in [0.15, 0.2) is 73.1 Å². The number of carbonyl (C=O) groups excluding carboxylic acids is 2. The number of benzene rings is 2. The lowest BCUT2D eigenvalue weighted by molar-refractivity contribution is -0.121. The van der Waals surface area contributed by atoms with Crippen LogP contribution < -0.4 is 15.4 Å². The van der Waals surface area contributed by atoms with Gasteiger partial charge in [-0.15, -0.1) is 11.8 Å². The number of ether oxygens (including phenoxy) is 1. The van der Waals surface area contributed by atoms with E-state index in [4.69, 9.17) is 4.74 Å². The highest BCUT2D eigenvalue weighted by atomic mass is 32.2. The number of aromatic nitrogens is 2. The molecule has 2 N–H and O–H groups in total. The molecule has 1 fully saturated rings. The first-order valence-electron chi connectivity index (χ1n) is 9.99. The van der Waals surface area contributed by atoms with Gasteiger partial charge in [0.1, 0.15) is 16.7 Å². The van der Waals surface area contributed by atoms with Gasteiger partial charge in [0.25, 0.3) is 5.91 Å². The average Bonchev–Trinajstić information content (AvgIpc) is 3.00. The Morgan fingerprint density at radius 2 is 1.84 bits per heavy atom. The molecular weight excluding hydrogens is 412 g/mol. The van der Waals surface area contributed by atoms with Gasteiger partial charge in [0.05, 0.1) is 0 Å². The van der Waals surface area contributed by atoms with Crippen LogP contribution in [-0.4, -0.2) is 40.1 Å². The third-order valence-electron chi connectivity index (χ3n) is 4.75. The number of nitrogens with zero attached hydrogens (tertiary/aromatic N) is 2. The summed E-state index contributed by atoms with van der Waals surface area (Å²) in [4.78, 5) is 32.9. The van der Waals surface area contributed by atoms with E-state index in [0.29, 0.717) is 12.3 Å². The molecule has 2 amide bonds. The second-order valence-corrected chi connectivity index (χ2v) is 8.23. The largest absolute Gasteiger partial charge is 0.457 e. The van der Waals surface area contributed by atoms with Gasteiger partial charge in [0.15, 0.2) is 0 Å². The predicted octanol–water partition coefficient (Wildman–Crippen LogP) is 3.36. The first kappa shape index (κ1) is 20.9. The van der Waals surface area contributed by atoms with Crippen LogP contribution in [0.3, 0.4) is 0 Å². The van der Waals surface area contributed by atoms with Crippen molar-refractivity contribution in [1.82, 2.24) is 20.6 Å². The third-order valence-corrected chi connectivity index (χ3v) is 6.04.